The van der Waals surface area contributed by atoms with E-state index in [0.717, 1.165) is 41.5 Å². The Bertz CT molecular complexity index is 850. The first-order chi connectivity index (χ1) is 12.2. The summed E-state index contributed by atoms with van der Waals surface area (Å²) in [5.41, 5.74) is 1.97. The molecular weight excluding hydrogens is 352 g/mol. The van der Waals surface area contributed by atoms with Gasteiger partial charge in [0.1, 0.15) is 5.82 Å². The van der Waals surface area contributed by atoms with E-state index in [1.165, 1.54) is 35.7 Å². The number of likely N-dealkylation sites (tertiary alicyclic amines) is 1. The summed E-state index contributed by atoms with van der Waals surface area (Å²) in [6, 6.07) is 10.3. The third kappa shape index (κ3) is 4.23. The van der Waals surface area contributed by atoms with Gasteiger partial charge in [-0.3, -0.25) is 9.80 Å². The van der Waals surface area contributed by atoms with E-state index in [1.807, 2.05) is 29.5 Å². The molecule has 1 aromatic carbocycles. The lowest BCUT2D eigenvalue weighted by molar-refractivity contribution is 0.315. The molecule has 0 bridgehead atoms. The van der Waals surface area contributed by atoms with Crippen LogP contribution in [0.1, 0.15) is 28.4 Å². The Morgan fingerprint density at radius 3 is 2.80 bits per heavy atom. The monoisotopic (exact) mass is 374 g/mol. The summed E-state index contributed by atoms with van der Waals surface area (Å²) in [6.07, 6.45) is 2.70. The Morgan fingerprint density at radius 1 is 1.16 bits per heavy atom. The fraction of sp³-hybridized carbons (Fsp3) is 0.421. The highest BCUT2D eigenvalue weighted by Gasteiger charge is 2.13. The van der Waals surface area contributed by atoms with Crippen molar-refractivity contribution in [3.8, 4) is 0 Å². The molecule has 1 fully saturated rings. The van der Waals surface area contributed by atoms with Crippen LogP contribution < -0.4 is 0 Å². The molecule has 1 aliphatic rings. The Morgan fingerprint density at radius 2 is 1.96 bits per heavy atom. The van der Waals surface area contributed by atoms with Crippen molar-refractivity contribution in [1.82, 2.24) is 19.8 Å². The van der Waals surface area contributed by atoms with Crippen molar-refractivity contribution < 1.29 is 0 Å². The van der Waals surface area contributed by atoms with Crippen LogP contribution in [0.3, 0.4) is 0 Å². The van der Waals surface area contributed by atoms with Gasteiger partial charge in [0.2, 0.25) is 0 Å². The number of H-pyrrole nitrogens is 1. The minimum atomic E-state index is 0.736. The van der Waals surface area contributed by atoms with Crippen molar-refractivity contribution in [3.05, 3.63) is 50.9 Å². The largest absolute Gasteiger partial charge is 0.341 e. The molecule has 4 nitrogen and oxygen atoms in total. The van der Waals surface area contributed by atoms with E-state index in [-0.39, 0.29) is 0 Å². The first-order valence-electron chi connectivity index (χ1n) is 8.78. The molecular formula is C19H23ClN4S. The van der Waals surface area contributed by atoms with E-state index >= 15 is 0 Å². The van der Waals surface area contributed by atoms with Gasteiger partial charge in [0.25, 0.3) is 0 Å². The Kier molecular flexibility index (Phi) is 5.08. The van der Waals surface area contributed by atoms with Gasteiger partial charge in [0.05, 0.1) is 17.6 Å². The lowest BCUT2D eigenvalue weighted by Gasteiger charge is -2.14. The van der Waals surface area contributed by atoms with Gasteiger partial charge < -0.3 is 4.98 Å². The molecule has 0 radical (unpaired) electrons. The first-order valence-corrected chi connectivity index (χ1v) is 9.98. The van der Waals surface area contributed by atoms with Crippen molar-refractivity contribution in [3.63, 3.8) is 0 Å². The molecule has 1 N–H and O–H groups in total. The summed E-state index contributed by atoms with van der Waals surface area (Å²) in [5.74, 6) is 0.980. The number of halogens is 1. The van der Waals surface area contributed by atoms with Crippen molar-refractivity contribution in [1.29, 1.82) is 0 Å². The SMILES string of the molecule is CN(Cc1nc2ccc(Cl)cc2[nH]1)Cc1ccc(CN2CCCC2)s1. The van der Waals surface area contributed by atoms with Crippen LogP contribution in [0.5, 0.6) is 0 Å². The summed E-state index contributed by atoms with van der Waals surface area (Å²) in [4.78, 5) is 15.8. The second kappa shape index (κ2) is 7.46. The number of nitrogens with one attached hydrogen (secondary N) is 1. The zero-order valence-electron chi connectivity index (χ0n) is 14.5. The van der Waals surface area contributed by atoms with E-state index < -0.39 is 0 Å². The van der Waals surface area contributed by atoms with Gasteiger partial charge in [0, 0.05) is 27.9 Å². The van der Waals surface area contributed by atoms with Gasteiger partial charge in [-0.05, 0) is 63.3 Å². The Hall–Kier alpha value is -1.40. The summed E-state index contributed by atoms with van der Waals surface area (Å²) < 4.78 is 0. The number of rotatable bonds is 6. The molecule has 0 saturated carbocycles. The standard InChI is InChI=1S/C19H23ClN4S/c1-23(13-19-21-17-7-4-14(20)10-18(17)22-19)11-15-5-6-16(25-15)12-24-8-2-3-9-24/h4-7,10H,2-3,8-9,11-13H2,1H3,(H,21,22). The highest BCUT2D eigenvalue weighted by atomic mass is 35.5. The van der Waals surface area contributed by atoms with Crippen LogP contribution >= 0.6 is 22.9 Å². The predicted molar refractivity (Wildman–Crippen MR) is 105 cm³/mol. The maximum Gasteiger partial charge on any atom is 0.121 e. The fourth-order valence-electron chi connectivity index (χ4n) is 3.44. The molecule has 25 heavy (non-hydrogen) atoms. The number of aromatic amines is 1. The summed E-state index contributed by atoms with van der Waals surface area (Å²) in [7, 11) is 2.14. The van der Waals surface area contributed by atoms with Crippen molar-refractivity contribution in [2.24, 2.45) is 0 Å². The van der Waals surface area contributed by atoms with Gasteiger partial charge in [-0.15, -0.1) is 11.3 Å². The molecule has 3 heterocycles. The molecule has 0 unspecified atom stereocenters. The van der Waals surface area contributed by atoms with Crippen LogP contribution in [-0.2, 0) is 19.6 Å². The van der Waals surface area contributed by atoms with Crippen molar-refractivity contribution >= 4 is 34.0 Å². The fourth-order valence-corrected chi connectivity index (χ4v) is 4.75. The van der Waals surface area contributed by atoms with Gasteiger partial charge >= 0.3 is 0 Å². The predicted octanol–water partition coefficient (Wildman–Crippen LogP) is 4.51. The number of benzene rings is 1. The quantitative estimate of drug-likeness (QED) is 0.689. The number of hydrogen-bond donors (Lipinski definition) is 1. The number of imidazole rings is 1. The summed E-state index contributed by atoms with van der Waals surface area (Å²) in [6.45, 7) is 5.36. The Labute approximate surface area is 157 Å². The molecule has 3 aromatic rings. The Balaban J connectivity index is 1.36. The first kappa shape index (κ1) is 17.0. The second-order valence-electron chi connectivity index (χ2n) is 6.87. The van der Waals surface area contributed by atoms with E-state index in [2.05, 4.69) is 38.9 Å². The van der Waals surface area contributed by atoms with Gasteiger partial charge in [-0.25, -0.2) is 4.98 Å². The maximum absolute atomic E-state index is 6.04. The number of aromatic nitrogens is 2. The number of hydrogen-bond acceptors (Lipinski definition) is 4. The van der Waals surface area contributed by atoms with Gasteiger partial charge in [-0.2, -0.15) is 0 Å². The van der Waals surface area contributed by atoms with Gasteiger partial charge in [-0.1, -0.05) is 11.6 Å². The maximum atomic E-state index is 6.04. The molecule has 6 heteroatoms. The molecule has 2 aromatic heterocycles. The van der Waals surface area contributed by atoms with E-state index in [9.17, 15) is 0 Å². The lowest BCUT2D eigenvalue weighted by atomic mass is 10.3. The smallest absolute Gasteiger partial charge is 0.121 e. The lowest BCUT2D eigenvalue weighted by Crippen LogP contribution is -2.18. The van der Waals surface area contributed by atoms with Crippen LogP contribution in [-0.4, -0.2) is 39.9 Å². The third-order valence-electron chi connectivity index (χ3n) is 4.63. The van der Waals surface area contributed by atoms with Crippen molar-refractivity contribution in [2.75, 3.05) is 20.1 Å². The average Bonchev–Trinajstić information content (AvgIpc) is 3.29. The number of fused-ring (bicyclic) bond motifs is 1. The zero-order chi connectivity index (χ0) is 17.2. The minimum Gasteiger partial charge on any atom is -0.341 e. The second-order valence-corrected chi connectivity index (χ2v) is 8.56. The zero-order valence-corrected chi connectivity index (χ0v) is 16.0. The molecule has 0 amide bonds. The number of nitrogens with zero attached hydrogens (tertiary/aromatic N) is 3. The highest BCUT2D eigenvalue weighted by Crippen LogP contribution is 2.22. The van der Waals surface area contributed by atoms with E-state index in [0.29, 0.717) is 0 Å². The molecule has 1 saturated heterocycles. The van der Waals surface area contributed by atoms with Crippen LogP contribution in [0.2, 0.25) is 5.02 Å². The highest BCUT2D eigenvalue weighted by molar-refractivity contribution is 7.11. The summed E-state index contributed by atoms with van der Waals surface area (Å²) in [5, 5.41) is 0.736. The van der Waals surface area contributed by atoms with Gasteiger partial charge in [0.15, 0.2) is 0 Å². The molecule has 1 aliphatic heterocycles. The van der Waals surface area contributed by atoms with E-state index in [4.69, 9.17) is 11.6 Å². The third-order valence-corrected chi connectivity index (χ3v) is 5.92. The molecule has 132 valence electrons. The topological polar surface area (TPSA) is 35.2 Å². The minimum absolute atomic E-state index is 0.736. The molecule has 0 aliphatic carbocycles. The van der Waals surface area contributed by atoms with Crippen molar-refractivity contribution in [2.45, 2.75) is 32.5 Å². The average molecular weight is 375 g/mol. The van der Waals surface area contributed by atoms with Crippen LogP contribution in [0.4, 0.5) is 0 Å². The van der Waals surface area contributed by atoms with Crippen LogP contribution in [0.15, 0.2) is 30.3 Å². The molecule has 0 atom stereocenters. The molecule has 4 rings (SSSR count). The normalized spacial score (nSPS) is 15.6. The summed E-state index contributed by atoms with van der Waals surface area (Å²) >= 11 is 7.98. The number of thiophene rings is 1. The van der Waals surface area contributed by atoms with Crippen LogP contribution in [0.25, 0.3) is 11.0 Å². The molecule has 0 spiro atoms. The van der Waals surface area contributed by atoms with E-state index in [1.54, 1.807) is 0 Å². The van der Waals surface area contributed by atoms with Crippen LogP contribution in [0, 0.1) is 0 Å².